The molecule has 1 N–H and O–H groups in total. The third-order valence-corrected chi connectivity index (χ3v) is 5.97. The zero-order valence-electron chi connectivity index (χ0n) is 18.3. The molecule has 0 aromatic heterocycles. The second-order valence-electron chi connectivity index (χ2n) is 7.95. The van der Waals surface area contributed by atoms with Crippen molar-refractivity contribution in [1.82, 2.24) is 4.90 Å². The number of benzene rings is 3. The van der Waals surface area contributed by atoms with Crippen LogP contribution in [0.2, 0.25) is 0 Å². The highest BCUT2D eigenvalue weighted by Crippen LogP contribution is 2.41. The lowest BCUT2D eigenvalue weighted by Gasteiger charge is -2.26. The van der Waals surface area contributed by atoms with E-state index in [2.05, 4.69) is 0 Å². The fourth-order valence-electron chi connectivity index (χ4n) is 4.09. The van der Waals surface area contributed by atoms with E-state index >= 15 is 0 Å². The van der Waals surface area contributed by atoms with Crippen LogP contribution >= 0.6 is 0 Å². The van der Waals surface area contributed by atoms with Crippen LogP contribution in [0.3, 0.4) is 0 Å². The fraction of sp³-hybridized carbons (Fsp3) is 0.185. The van der Waals surface area contributed by atoms with Crippen LogP contribution in [0.15, 0.2) is 78.4 Å². The number of Topliss-reactive ketones (excluding diaryl/α,β-unsaturated/α-hetero) is 1. The molecule has 1 unspecified atom stereocenters. The van der Waals surface area contributed by atoms with Crippen LogP contribution in [0.1, 0.15) is 33.9 Å². The average Bonchev–Trinajstić information content (AvgIpc) is 3.06. The number of ketones is 1. The Hall–Kier alpha value is -3.86. The summed E-state index contributed by atoms with van der Waals surface area (Å²) in [5, 5.41) is 11.2. The van der Waals surface area contributed by atoms with Crippen LogP contribution in [-0.4, -0.2) is 28.8 Å². The van der Waals surface area contributed by atoms with Crippen LogP contribution in [0.25, 0.3) is 5.76 Å². The number of hydrogen-bond acceptors (Lipinski definition) is 4. The molecule has 0 bridgehead atoms. The Balaban J connectivity index is 1.87. The lowest BCUT2D eigenvalue weighted by molar-refractivity contribution is -0.140. The summed E-state index contributed by atoms with van der Waals surface area (Å²) < 4.78 is 5.44. The molecule has 1 atom stereocenters. The molecular formula is C27H25NO4. The molecule has 1 saturated heterocycles. The van der Waals surface area contributed by atoms with E-state index in [4.69, 9.17) is 4.74 Å². The summed E-state index contributed by atoms with van der Waals surface area (Å²) in [7, 11) is 1.57. The monoisotopic (exact) mass is 427 g/mol. The summed E-state index contributed by atoms with van der Waals surface area (Å²) in [6.45, 7) is 4.11. The van der Waals surface area contributed by atoms with Gasteiger partial charge < -0.3 is 14.7 Å². The Bertz CT molecular complexity index is 1210. The maximum absolute atomic E-state index is 13.2. The van der Waals surface area contributed by atoms with Crippen LogP contribution in [0.4, 0.5) is 0 Å². The number of amides is 1. The number of carbonyl (C=O) groups is 2. The minimum absolute atomic E-state index is 0.0966. The van der Waals surface area contributed by atoms with Gasteiger partial charge in [-0.3, -0.25) is 9.59 Å². The molecule has 32 heavy (non-hydrogen) atoms. The molecule has 162 valence electrons. The van der Waals surface area contributed by atoms with Crippen LogP contribution < -0.4 is 4.74 Å². The summed E-state index contributed by atoms with van der Waals surface area (Å²) in [6, 6.07) is 21.5. The maximum Gasteiger partial charge on any atom is 0.295 e. The number of nitrogens with zero attached hydrogens (tertiary/aromatic N) is 1. The smallest absolute Gasteiger partial charge is 0.295 e. The number of ether oxygens (including phenoxy) is 1. The summed E-state index contributed by atoms with van der Waals surface area (Å²) in [5.41, 5.74) is 4.23. The van der Waals surface area contributed by atoms with Crippen LogP contribution in [-0.2, 0) is 16.1 Å². The molecule has 3 aromatic rings. The largest absolute Gasteiger partial charge is 0.507 e. The van der Waals surface area contributed by atoms with Gasteiger partial charge in [-0.25, -0.2) is 0 Å². The molecule has 1 aliphatic heterocycles. The zero-order chi connectivity index (χ0) is 22.8. The lowest BCUT2D eigenvalue weighted by atomic mass is 9.94. The lowest BCUT2D eigenvalue weighted by Crippen LogP contribution is -2.29. The number of likely N-dealkylation sites (tertiary alicyclic amines) is 1. The van der Waals surface area contributed by atoms with Crippen molar-refractivity contribution < 1.29 is 19.4 Å². The zero-order valence-corrected chi connectivity index (χ0v) is 18.3. The normalized spacial score (nSPS) is 17.6. The Morgan fingerprint density at radius 3 is 2.31 bits per heavy atom. The Morgan fingerprint density at radius 2 is 1.62 bits per heavy atom. The van der Waals surface area contributed by atoms with Crippen molar-refractivity contribution in [2.45, 2.75) is 26.4 Å². The Kier molecular flexibility index (Phi) is 5.82. The van der Waals surface area contributed by atoms with Crippen LogP contribution in [0.5, 0.6) is 5.75 Å². The summed E-state index contributed by atoms with van der Waals surface area (Å²) >= 11 is 0. The number of aliphatic hydroxyl groups is 1. The molecule has 4 rings (SSSR count). The third kappa shape index (κ3) is 3.78. The van der Waals surface area contributed by atoms with Crippen molar-refractivity contribution in [3.05, 3.63) is 106 Å². The first-order valence-corrected chi connectivity index (χ1v) is 10.4. The van der Waals surface area contributed by atoms with E-state index in [0.717, 1.165) is 22.3 Å². The molecule has 1 aliphatic rings. The van der Waals surface area contributed by atoms with E-state index in [0.29, 0.717) is 11.3 Å². The van der Waals surface area contributed by atoms with Gasteiger partial charge in [-0.05, 0) is 42.7 Å². The predicted molar refractivity (Wildman–Crippen MR) is 123 cm³/mol. The molecule has 3 aromatic carbocycles. The van der Waals surface area contributed by atoms with E-state index in [1.807, 2.05) is 80.6 Å². The van der Waals surface area contributed by atoms with Gasteiger partial charge >= 0.3 is 0 Å². The van der Waals surface area contributed by atoms with Gasteiger partial charge in [0.15, 0.2) is 0 Å². The minimum Gasteiger partial charge on any atom is -0.507 e. The van der Waals surface area contributed by atoms with Crippen molar-refractivity contribution in [3.63, 3.8) is 0 Å². The topological polar surface area (TPSA) is 66.8 Å². The van der Waals surface area contributed by atoms with Gasteiger partial charge in [-0.2, -0.15) is 0 Å². The van der Waals surface area contributed by atoms with E-state index < -0.39 is 17.7 Å². The molecule has 5 nitrogen and oxygen atoms in total. The first kappa shape index (κ1) is 21.4. The second-order valence-corrected chi connectivity index (χ2v) is 7.95. The number of carbonyl (C=O) groups excluding carboxylic acids is 2. The number of methoxy groups -OCH3 is 1. The first-order chi connectivity index (χ1) is 15.4. The summed E-state index contributed by atoms with van der Waals surface area (Å²) in [6.07, 6.45) is 0. The number of aliphatic hydroxyl groups excluding tert-OH is 1. The highest BCUT2D eigenvalue weighted by molar-refractivity contribution is 6.46. The van der Waals surface area contributed by atoms with E-state index in [1.54, 1.807) is 13.2 Å². The van der Waals surface area contributed by atoms with Gasteiger partial charge in [-0.1, -0.05) is 60.7 Å². The van der Waals surface area contributed by atoms with Gasteiger partial charge in [0.05, 0.1) is 25.3 Å². The molecule has 0 spiro atoms. The van der Waals surface area contributed by atoms with Gasteiger partial charge in [-0.15, -0.1) is 0 Å². The summed E-state index contributed by atoms with van der Waals surface area (Å²) in [5.74, 6) is -0.863. The number of para-hydroxylation sites is 1. The predicted octanol–water partition coefficient (Wildman–Crippen LogP) is 4.93. The van der Waals surface area contributed by atoms with Crippen molar-refractivity contribution in [3.8, 4) is 5.75 Å². The first-order valence-electron chi connectivity index (χ1n) is 10.4. The maximum atomic E-state index is 13.2. The number of aryl methyl sites for hydroxylation is 2. The molecule has 0 radical (unpaired) electrons. The Labute approximate surface area is 187 Å². The minimum atomic E-state index is -0.706. The fourth-order valence-corrected chi connectivity index (χ4v) is 4.09. The van der Waals surface area contributed by atoms with Crippen molar-refractivity contribution in [2.24, 2.45) is 0 Å². The van der Waals surface area contributed by atoms with Crippen molar-refractivity contribution in [2.75, 3.05) is 7.11 Å². The standard InChI is InChI=1S/C27H25NO4/c1-17-13-14-20(15-18(17)2)25(29)23-24(19-9-5-4-6-10-19)28(27(31)26(23)30)16-21-11-7-8-12-22(21)32-3/h4-15,24,29H,16H2,1-3H3/b25-23-. The number of rotatable bonds is 5. The van der Waals surface area contributed by atoms with Gasteiger partial charge in [0.2, 0.25) is 0 Å². The Morgan fingerprint density at radius 1 is 0.938 bits per heavy atom. The molecule has 1 amide bonds. The SMILES string of the molecule is COc1ccccc1CN1C(=O)C(=O)/C(=C(\O)c2ccc(C)c(C)c2)C1c1ccccc1. The highest BCUT2D eigenvalue weighted by atomic mass is 16.5. The average molecular weight is 428 g/mol. The van der Waals surface area contributed by atoms with Gasteiger partial charge in [0, 0.05) is 11.1 Å². The highest BCUT2D eigenvalue weighted by Gasteiger charge is 2.46. The van der Waals surface area contributed by atoms with Crippen molar-refractivity contribution >= 4 is 17.4 Å². The molecule has 0 saturated carbocycles. The quantitative estimate of drug-likeness (QED) is 0.356. The van der Waals surface area contributed by atoms with E-state index in [9.17, 15) is 14.7 Å². The van der Waals surface area contributed by atoms with Gasteiger partial charge in [0.25, 0.3) is 11.7 Å². The molecule has 5 heteroatoms. The molecular weight excluding hydrogens is 402 g/mol. The molecule has 1 fully saturated rings. The van der Waals surface area contributed by atoms with E-state index in [-0.39, 0.29) is 17.9 Å². The number of hydrogen-bond donors (Lipinski definition) is 1. The summed E-state index contributed by atoms with van der Waals surface area (Å²) in [4.78, 5) is 27.8. The van der Waals surface area contributed by atoms with Crippen LogP contribution in [0, 0.1) is 13.8 Å². The van der Waals surface area contributed by atoms with E-state index in [1.165, 1.54) is 4.90 Å². The molecule has 0 aliphatic carbocycles. The third-order valence-electron chi connectivity index (χ3n) is 5.97. The van der Waals surface area contributed by atoms with Crippen molar-refractivity contribution in [1.29, 1.82) is 0 Å². The molecule has 1 heterocycles. The van der Waals surface area contributed by atoms with Gasteiger partial charge in [0.1, 0.15) is 11.5 Å². The second kappa shape index (κ2) is 8.71.